The number of hydrogen-bond donors (Lipinski definition) is 1. The molecule has 2 heterocycles. The molecule has 15 heavy (non-hydrogen) atoms. The summed E-state index contributed by atoms with van der Waals surface area (Å²) in [6.45, 7) is 4.87. The maximum atomic E-state index is 11.7. The van der Waals surface area contributed by atoms with Gasteiger partial charge in [-0.15, -0.1) is 0 Å². The summed E-state index contributed by atoms with van der Waals surface area (Å²) in [5, 5.41) is 3.38. The quantitative estimate of drug-likeness (QED) is 0.738. The zero-order valence-electron chi connectivity index (χ0n) is 9.16. The number of cyclic esters (lactones) is 1. The van der Waals surface area contributed by atoms with E-state index in [-0.39, 0.29) is 11.6 Å². The molecule has 0 aromatic heterocycles. The van der Waals surface area contributed by atoms with Crippen LogP contribution in [0.4, 0.5) is 4.79 Å². The van der Waals surface area contributed by atoms with Crippen molar-refractivity contribution in [1.82, 2.24) is 10.2 Å². The molecule has 0 bridgehead atoms. The van der Waals surface area contributed by atoms with E-state index >= 15 is 0 Å². The summed E-state index contributed by atoms with van der Waals surface area (Å²) in [6, 6.07) is 0.464. The Labute approximate surface area is 90.0 Å². The number of carbonyl (C=O) groups is 1. The molecule has 1 aliphatic carbocycles. The van der Waals surface area contributed by atoms with E-state index in [1.165, 1.54) is 0 Å². The lowest BCUT2D eigenvalue weighted by atomic mass is 9.84. The summed E-state index contributed by atoms with van der Waals surface area (Å²) in [4.78, 5) is 13.7. The number of nitrogens with zero attached hydrogens (tertiary/aromatic N) is 1. The zero-order valence-corrected chi connectivity index (χ0v) is 9.16. The minimum Gasteiger partial charge on any atom is -0.447 e. The highest BCUT2D eigenvalue weighted by molar-refractivity contribution is 5.72. The molecule has 3 rings (SSSR count). The molecule has 0 radical (unpaired) electrons. The molecule has 4 heteroatoms. The highest BCUT2D eigenvalue weighted by atomic mass is 16.6. The first-order chi connectivity index (χ1) is 7.22. The molecular formula is C11H18N2O2. The third kappa shape index (κ3) is 1.34. The first-order valence-electron chi connectivity index (χ1n) is 5.88. The molecule has 3 aliphatic rings. The topological polar surface area (TPSA) is 41.6 Å². The van der Waals surface area contributed by atoms with Gasteiger partial charge in [-0.2, -0.15) is 0 Å². The lowest BCUT2D eigenvalue weighted by Gasteiger charge is -2.37. The number of ether oxygens (including phenoxy) is 1. The van der Waals surface area contributed by atoms with Crippen molar-refractivity contribution < 1.29 is 9.53 Å². The van der Waals surface area contributed by atoms with Gasteiger partial charge in [0.25, 0.3) is 0 Å². The molecule has 1 N–H and O–H groups in total. The van der Waals surface area contributed by atoms with Crippen molar-refractivity contribution >= 4 is 6.09 Å². The van der Waals surface area contributed by atoms with Crippen molar-refractivity contribution in [3.05, 3.63) is 0 Å². The first-order valence-corrected chi connectivity index (χ1v) is 5.88. The predicted molar refractivity (Wildman–Crippen MR) is 55.6 cm³/mol. The van der Waals surface area contributed by atoms with Gasteiger partial charge in [0.05, 0.1) is 5.54 Å². The summed E-state index contributed by atoms with van der Waals surface area (Å²) in [5.74, 6) is 0.560. The average molecular weight is 210 g/mol. The van der Waals surface area contributed by atoms with Gasteiger partial charge < -0.3 is 10.1 Å². The Morgan fingerprint density at radius 2 is 2.27 bits per heavy atom. The number of amides is 1. The second-order valence-electron chi connectivity index (χ2n) is 5.20. The molecule has 1 amide bonds. The van der Waals surface area contributed by atoms with Crippen LogP contribution >= 0.6 is 0 Å². The third-order valence-electron chi connectivity index (χ3n) is 4.09. The van der Waals surface area contributed by atoms with E-state index in [2.05, 4.69) is 12.2 Å². The Morgan fingerprint density at radius 3 is 2.87 bits per heavy atom. The van der Waals surface area contributed by atoms with Crippen molar-refractivity contribution in [2.45, 2.75) is 37.8 Å². The van der Waals surface area contributed by atoms with Gasteiger partial charge in [-0.05, 0) is 38.6 Å². The Balaban J connectivity index is 1.84. The molecule has 0 aromatic carbocycles. The number of hydrogen-bond acceptors (Lipinski definition) is 3. The van der Waals surface area contributed by atoms with Crippen LogP contribution in [0.3, 0.4) is 0 Å². The van der Waals surface area contributed by atoms with Crippen LogP contribution in [-0.4, -0.2) is 42.3 Å². The van der Waals surface area contributed by atoms with E-state index < -0.39 is 0 Å². The molecule has 1 saturated carbocycles. The predicted octanol–water partition coefficient (Wildman–Crippen LogP) is 0.969. The molecule has 2 atom stereocenters. The average Bonchev–Trinajstić information content (AvgIpc) is 2.80. The smallest absolute Gasteiger partial charge is 0.410 e. The van der Waals surface area contributed by atoms with Gasteiger partial charge in [0.15, 0.2) is 0 Å². The van der Waals surface area contributed by atoms with E-state index in [1.807, 2.05) is 4.90 Å². The lowest BCUT2D eigenvalue weighted by Crippen LogP contribution is -2.52. The molecule has 2 saturated heterocycles. The van der Waals surface area contributed by atoms with E-state index in [9.17, 15) is 4.79 Å². The zero-order chi connectivity index (χ0) is 10.5. The van der Waals surface area contributed by atoms with Gasteiger partial charge in [0.2, 0.25) is 0 Å². The second kappa shape index (κ2) is 3.11. The summed E-state index contributed by atoms with van der Waals surface area (Å²) < 4.78 is 5.25. The highest BCUT2D eigenvalue weighted by Gasteiger charge is 2.54. The summed E-state index contributed by atoms with van der Waals surface area (Å²) in [6.07, 6.45) is 3.39. The maximum Gasteiger partial charge on any atom is 0.410 e. The monoisotopic (exact) mass is 210 g/mol. The van der Waals surface area contributed by atoms with E-state index in [0.717, 1.165) is 32.4 Å². The van der Waals surface area contributed by atoms with Crippen LogP contribution in [0.2, 0.25) is 0 Å². The summed E-state index contributed by atoms with van der Waals surface area (Å²) in [5.41, 5.74) is -0.0538. The standard InChI is InChI=1S/C11H18N2O2/c1-11(8-4-5-12-6-8)7-15-10(14)13(11)9-2-3-9/h8-9,12H,2-7H2,1H3. The van der Waals surface area contributed by atoms with E-state index in [1.54, 1.807) is 0 Å². The van der Waals surface area contributed by atoms with E-state index in [4.69, 9.17) is 4.74 Å². The molecule has 4 nitrogen and oxygen atoms in total. The van der Waals surface area contributed by atoms with Crippen LogP contribution in [-0.2, 0) is 4.74 Å². The fourth-order valence-electron chi connectivity index (χ4n) is 2.95. The van der Waals surface area contributed by atoms with Crippen LogP contribution in [0.15, 0.2) is 0 Å². The van der Waals surface area contributed by atoms with Crippen LogP contribution in [0.1, 0.15) is 26.2 Å². The fraction of sp³-hybridized carbons (Fsp3) is 0.909. The molecular weight excluding hydrogens is 192 g/mol. The Hall–Kier alpha value is -0.770. The van der Waals surface area contributed by atoms with Gasteiger partial charge in [0.1, 0.15) is 6.61 Å². The fourth-order valence-corrected chi connectivity index (χ4v) is 2.95. The Bertz CT molecular complexity index is 284. The van der Waals surface area contributed by atoms with Crippen molar-refractivity contribution in [2.75, 3.05) is 19.7 Å². The van der Waals surface area contributed by atoms with Crippen LogP contribution in [0, 0.1) is 5.92 Å². The maximum absolute atomic E-state index is 11.7. The summed E-state index contributed by atoms with van der Waals surface area (Å²) in [7, 11) is 0. The SMILES string of the molecule is CC1(C2CCNC2)COC(=O)N1C1CC1. The number of rotatable bonds is 2. The molecule has 84 valence electrons. The largest absolute Gasteiger partial charge is 0.447 e. The Kier molecular flexibility index (Phi) is 1.96. The molecule has 0 aromatic rings. The number of carbonyl (C=O) groups excluding carboxylic acids is 1. The van der Waals surface area contributed by atoms with Gasteiger partial charge in [-0.3, -0.25) is 4.90 Å². The van der Waals surface area contributed by atoms with Crippen LogP contribution < -0.4 is 5.32 Å². The molecule has 2 unspecified atom stereocenters. The summed E-state index contributed by atoms with van der Waals surface area (Å²) >= 11 is 0. The normalized spacial score (nSPS) is 41.0. The van der Waals surface area contributed by atoms with Gasteiger partial charge in [-0.1, -0.05) is 0 Å². The van der Waals surface area contributed by atoms with Crippen molar-refractivity contribution in [2.24, 2.45) is 5.92 Å². The van der Waals surface area contributed by atoms with Crippen molar-refractivity contribution in [3.8, 4) is 0 Å². The van der Waals surface area contributed by atoms with E-state index in [0.29, 0.717) is 18.6 Å². The first kappa shape index (κ1) is 9.46. The Morgan fingerprint density at radius 1 is 1.47 bits per heavy atom. The van der Waals surface area contributed by atoms with Crippen molar-refractivity contribution in [3.63, 3.8) is 0 Å². The minimum absolute atomic E-state index is 0.0538. The minimum atomic E-state index is -0.0908. The molecule has 0 spiro atoms. The lowest BCUT2D eigenvalue weighted by molar-refractivity contribution is 0.117. The highest BCUT2D eigenvalue weighted by Crippen LogP contribution is 2.42. The van der Waals surface area contributed by atoms with Gasteiger partial charge >= 0.3 is 6.09 Å². The van der Waals surface area contributed by atoms with Crippen LogP contribution in [0.25, 0.3) is 0 Å². The van der Waals surface area contributed by atoms with Gasteiger partial charge in [-0.25, -0.2) is 4.79 Å². The second-order valence-corrected chi connectivity index (χ2v) is 5.20. The molecule has 2 aliphatic heterocycles. The van der Waals surface area contributed by atoms with Gasteiger partial charge in [0, 0.05) is 12.6 Å². The number of nitrogens with one attached hydrogen (secondary N) is 1. The third-order valence-corrected chi connectivity index (χ3v) is 4.09. The molecule has 3 fully saturated rings. The van der Waals surface area contributed by atoms with Crippen molar-refractivity contribution in [1.29, 1.82) is 0 Å². The van der Waals surface area contributed by atoms with Crippen LogP contribution in [0.5, 0.6) is 0 Å².